The fourth-order valence-electron chi connectivity index (χ4n) is 1.38. The van der Waals surface area contributed by atoms with Gasteiger partial charge in [0.15, 0.2) is 0 Å². The molecule has 0 saturated heterocycles. The van der Waals surface area contributed by atoms with E-state index in [1.54, 1.807) is 0 Å². The average Bonchev–Trinajstić information content (AvgIpc) is 2.11. The Morgan fingerprint density at radius 1 is 1.43 bits per heavy atom. The van der Waals surface area contributed by atoms with E-state index in [-0.39, 0.29) is 0 Å². The van der Waals surface area contributed by atoms with E-state index >= 15 is 0 Å². The van der Waals surface area contributed by atoms with Crippen LogP contribution < -0.4 is 5.73 Å². The molecule has 0 aromatic heterocycles. The number of rotatable bonds is 7. The largest absolute Gasteiger partial charge is 0.480 e. The zero-order valence-corrected chi connectivity index (χ0v) is 9.55. The van der Waals surface area contributed by atoms with Gasteiger partial charge in [-0.05, 0) is 25.2 Å². The minimum Gasteiger partial charge on any atom is -0.480 e. The lowest BCUT2D eigenvalue weighted by Gasteiger charge is -2.25. The maximum absolute atomic E-state index is 11.0. The predicted octanol–water partition coefficient (Wildman–Crippen LogP) is 2.39. The lowest BCUT2D eigenvalue weighted by atomic mass is 9.86. The Morgan fingerprint density at radius 2 is 2.00 bits per heavy atom. The van der Waals surface area contributed by atoms with Gasteiger partial charge in [-0.1, -0.05) is 33.6 Å². The van der Waals surface area contributed by atoms with E-state index < -0.39 is 11.5 Å². The van der Waals surface area contributed by atoms with Crippen molar-refractivity contribution in [1.29, 1.82) is 0 Å². The van der Waals surface area contributed by atoms with Crippen LogP contribution in [-0.2, 0) is 4.79 Å². The van der Waals surface area contributed by atoms with Gasteiger partial charge in [-0.15, -0.1) is 0 Å². The molecule has 3 heteroatoms. The zero-order valence-electron chi connectivity index (χ0n) is 9.55. The van der Waals surface area contributed by atoms with Gasteiger partial charge in [-0.25, -0.2) is 0 Å². The molecule has 0 radical (unpaired) electrons. The van der Waals surface area contributed by atoms with Crippen molar-refractivity contribution in [3.05, 3.63) is 0 Å². The smallest absolute Gasteiger partial charge is 0.323 e. The Bertz CT molecular complexity index is 180. The van der Waals surface area contributed by atoms with Gasteiger partial charge in [0.1, 0.15) is 5.54 Å². The minimum absolute atomic E-state index is 0.513. The molecule has 0 aromatic carbocycles. The SMILES string of the molecule is CCCC[C@@](N)(CCC(C)C)C(=O)O. The summed E-state index contributed by atoms with van der Waals surface area (Å²) in [6, 6.07) is 0. The van der Waals surface area contributed by atoms with Gasteiger partial charge in [-0.3, -0.25) is 4.79 Å². The Labute approximate surface area is 86.7 Å². The number of unbranched alkanes of at least 4 members (excludes halogenated alkanes) is 1. The first-order chi connectivity index (χ1) is 6.42. The highest BCUT2D eigenvalue weighted by atomic mass is 16.4. The number of carbonyl (C=O) groups is 1. The van der Waals surface area contributed by atoms with E-state index in [0.717, 1.165) is 19.3 Å². The summed E-state index contributed by atoms with van der Waals surface area (Å²) >= 11 is 0. The van der Waals surface area contributed by atoms with Crippen LogP contribution in [0.5, 0.6) is 0 Å². The lowest BCUT2D eigenvalue weighted by molar-refractivity contribution is -0.144. The molecule has 0 amide bonds. The van der Waals surface area contributed by atoms with Crippen molar-refractivity contribution in [3.63, 3.8) is 0 Å². The Balaban J connectivity index is 4.17. The molecule has 14 heavy (non-hydrogen) atoms. The molecular formula is C11H23NO2. The van der Waals surface area contributed by atoms with Gasteiger partial charge in [0.25, 0.3) is 0 Å². The number of hydrogen-bond donors (Lipinski definition) is 2. The quantitative estimate of drug-likeness (QED) is 0.664. The summed E-state index contributed by atoms with van der Waals surface area (Å²) in [5, 5.41) is 9.05. The van der Waals surface area contributed by atoms with Gasteiger partial charge in [0.05, 0.1) is 0 Å². The fourth-order valence-corrected chi connectivity index (χ4v) is 1.38. The van der Waals surface area contributed by atoms with E-state index in [1.807, 2.05) is 6.92 Å². The standard InChI is InChI=1S/C11H23NO2/c1-4-5-7-11(12,10(13)14)8-6-9(2)3/h9H,4-8,12H2,1-3H3,(H,13,14)/t11-/m1/s1. The second-order valence-electron chi connectivity index (χ2n) is 4.50. The van der Waals surface area contributed by atoms with Crippen molar-refractivity contribution in [3.8, 4) is 0 Å². The molecule has 0 aliphatic heterocycles. The van der Waals surface area contributed by atoms with E-state index in [2.05, 4.69) is 13.8 Å². The molecule has 0 rings (SSSR count). The third kappa shape index (κ3) is 4.61. The normalized spacial score (nSPS) is 15.5. The zero-order chi connectivity index (χ0) is 11.2. The van der Waals surface area contributed by atoms with Gasteiger partial charge >= 0.3 is 5.97 Å². The van der Waals surface area contributed by atoms with Crippen LogP contribution in [0.2, 0.25) is 0 Å². The molecular weight excluding hydrogens is 178 g/mol. The molecule has 84 valence electrons. The first-order valence-corrected chi connectivity index (χ1v) is 5.44. The fraction of sp³-hybridized carbons (Fsp3) is 0.909. The monoisotopic (exact) mass is 201 g/mol. The van der Waals surface area contributed by atoms with Gasteiger partial charge in [0, 0.05) is 0 Å². The summed E-state index contributed by atoms with van der Waals surface area (Å²) in [5.41, 5.74) is 4.88. The summed E-state index contributed by atoms with van der Waals surface area (Å²) in [6.45, 7) is 6.22. The van der Waals surface area contributed by atoms with Crippen LogP contribution in [0.25, 0.3) is 0 Å². The summed E-state index contributed by atoms with van der Waals surface area (Å²) in [6.07, 6.45) is 3.94. The third-order valence-corrected chi connectivity index (χ3v) is 2.57. The molecule has 1 atom stereocenters. The van der Waals surface area contributed by atoms with Crippen LogP contribution in [0.1, 0.15) is 52.9 Å². The Kier molecular flexibility index (Phi) is 5.77. The van der Waals surface area contributed by atoms with Crippen molar-refractivity contribution in [2.24, 2.45) is 11.7 Å². The number of hydrogen-bond acceptors (Lipinski definition) is 2. The minimum atomic E-state index is -1.000. The Hall–Kier alpha value is -0.570. The molecule has 0 aliphatic rings. The van der Waals surface area contributed by atoms with Crippen LogP contribution >= 0.6 is 0 Å². The number of carboxylic acid groups (broad SMARTS) is 1. The molecule has 0 saturated carbocycles. The van der Waals surface area contributed by atoms with Gasteiger partial charge < -0.3 is 10.8 Å². The van der Waals surface area contributed by atoms with Crippen molar-refractivity contribution in [2.75, 3.05) is 0 Å². The topological polar surface area (TPSA) is 63.3 Å². The highest BCUT2D eigenvalue weighted by Gasteiger charge is 2.32. The lowest BCUT2D eigenvalue weighted by Crippen LogP contribution is -2.48. The van der Waals surface area contributed by atoms with Crippen molar-refractivity contribution in [1.82, 2.24) is 0 Å². The number of aliphatic carboxylic acids is 1. The molecule has 0 aliphatic carbocycles. The molecule has 0 bridgehead atoms. The highest BCUT2D eigenvalue weighted by molar-refractivity contribution is 5.78. The van der Waals surface area contributed by atoms with Crippen molar-refractivity contribution >= 4 is 5.97 Å². The molecule has 0 heterocycles. The third-order valence-electron chi connectivity index (χ3n) is 2.57. The first kappa shape index (κ1) is 13.4. The van der Waals surface area contributed by atoms with Crippen LogP contribution in [-0.4, -0.2) is 16.6 Å². The van der Waals surface area contributed by atoms with Gasteiger partial charge in [-0.2, -0.15) is 0 Å². The number of carboxylic acids is 1. The van der Waals surface area contributed by atoms with Crippen molar-refractivity contribution in [2.45, 2.75) is 58.4 Å². The molecule has 0 unspecified atom stereocenters. The molecule has 0 aromatic rings. The second-order valence-corrected chi connectivity index (χ2v) is 4.50. The second kappa shape index (κ2) is 6.02. The van der Waals surface area contributed by atoms with Crippen LogP contribution in [0.3, 0.4) is 0 Å². The molecule has 3 nitrogen and oxygen atoms in total. The van der Waals surface area contributed by atoms with E-state index in [1.165, 1.54) is 0 Å². The number of nitrogens with two attached hydrogens (primary N) is 1. The average molecular weight is 201 g/mol. The predicted molar refractivity (Wildman–Crippen MR) is 58.2 cm³/mol. The summed E-state index contributed by atoms with van der Waals surface area (Å²) in [5.74, 6) is -0.342. The van der Waals surface area contributed by atoms with Crippen LogP contribution in [0.4, 0.5) is 0 Å². The molecule has 0 spiro atoms. The summed E-state index contributed by atoms with van der Waals surface area (Å²) < 4.78 is 0. The van der Waals surface area contributed by atoms with E-state index in [9.17, 15) is 4.79 Å². The maximum atomic E-state index is 11.0. The van der Waals surface area contributed by atoms with Crippen LogP contribution in [0, 0.1) is 5.92 Å². The van der Waals surface area contributed by atoms with E-state index in [4.69, 9.17) is 10.8 Å². The Morgan fingerprint density at radius 3 is 2.36 bits per heavy atom. The van der Waals surface area contributed by atoms with Gasteiger partial charge in [0.2, 0.25) is 0 Å². The van der Waals surface area contributed by atoms with E-state index in [0.29, 0.717) is 18.8 Å². The summed E-state index contributed by atoms with van der Waals surface area (Å²) in [4.78, 5) is 11.0. The highest BCUT2D eigenvalue weighted by Crippen LogP contribution is 2.20. The summed E-state index contributed by atoms with van der Waals surface area (Å²) in [7, 11) is 0. The van der Waals surface area contributed by atoms with Crippen LogP contribution in [0.15, 0.2) is 0 Å². The molecule has 3 N–H and O–H groups in total. The maximum Gasteiger partial charge on any atom is 0.323 e. The van der Waals surface area contributed by atoms with Crippen molar-refractivity contribution < 1.29 is 9.90 Å². The molecule has 0 fully saturated rings. The first-order valence-electron chi connectivity index (χ1n) is 5.44.